The van der Waals surface area contributed by atoms with Gasteiger partial charge in [0.25, 0.3) is 0 Å². The highest BCUT2D eigenvalue weighted by Gasteiger charge is 2.40. The highest BCUT2D eigenvalue weighted by atomic mass is 16.5. The maximum Gasteiger partial charge on any atom is 0.244 e. The molecule has 1 fully saturated rings. The summed E-state index contributed by atoms with van der Waals surface area (Å²) < 4.78 is 11.5. The van der Waals surface area contributed by atoms with E-state index in [0.717, 1.165) is 28.2 Å². The molecule has 0 bridgehead atoms. The largest absolute Gasteiger partial charge is 0.464 e. The van der Waals surface area contributed by atoms with Gasteiger partial charge in [-0.3, -0.25) is 14.5 Å². The SMILES string of the molecule is CC(C)C(=O)N1C(C)CN(Cc2ccccc2Oc2ccccn2)CC1C(=O)NCc1ccc(-c2ccco2)cc1. The van der Waals surface area contributed by atoms with Gasteiger partial charge in [-0.15, -0.1) is 0 Å². The molecule has 4 aromatic rings. The first-order chi connectivity index (χ1) is 19.9. The maximum absolute atomic E-state index is 13.6. The summed E-state index contributed by atoms with van der Waals surface area (Å²) in [6.45, 7) is 7.78. The van der Waals surface area contributed by atoms with Crippen LogP contribution in [-0.4, -0.2) is 51.8 Å². The van der Waals surface area contributed by atoms with Crippen molar-refractivity contribution in [2.45, 2.75) is 45.9 Å². The number of piperazine rings is 1. The molecule has 1 aliphatic heterocycles. The van der Waals surface area contributed by atoms with E-state index in [0.29, 0.717) is 32.1 Å². The van der Waals surface area contributed by atoms with Crippen molar-refractivity contribution in [1.82, 2.24) is 20.1 Å². The first kappa shape index (κ1) is 28.1. The van der Waals surface area contributed by atoms with Gasteiger partial charge in [-0.2, -0.15) is 0 Å². The van der Waals surface area contributed by atoms with Crippen LogP contribution in [0.3, 0.4) is 0 Å². The summed E-state index contributed by atoms with van der Waals surface area (Å²) in [4.78, 5) is 35.2. The van der Waals surface area contributed by atoms with Gasteiger partial charge in [0.2, 0.25) is 17.7 Å². The summed E-state index contributed by atoms with van der Waals surface area (Å²) in [7, 11) is 0. The number of hydrogen-bond donors (Lipinski definition) is 1. The Hall–Kier alpha value is -4.43. The molecule has 212 valence electrons. The lowest BCUT2D eigenvalue weighted by atomic mass is 10.0. The number of pyridine rings is 1. The van der Waals surface area contributed by atoms with Crippen LogP contribution in [0.25, 0.3) is 11.3 Å². The molecule has 0 radical (unpaired) electrons. The number of ether oxygens (including phenoxy) is 1. The molecule has 2 aromatic heterocycles. The number of carbonyl (C=O) groups excluding carboxylic acids is 2. The average Bonchev–Trinajstić information content (AvgIpc) is 3.52. The van der Waals surface area contributed by atoms with Crippen molar-refractivity contribution in [3.05, 3.63) is 102 Å². The van der Waals surface area contributed by atoms with E-state index in [4.69, 9.17) is 9.15 Å². The van der Waals surface area contributed by atoms with Gasteiger partial charge in [0, 0.05) is 61.5 Å². The van der Waals surface area contributed by atoms with Gasteiger partial charge in [0.15, 0.2) is 0 Å². The molecule has 8 nitrogen and oxygen atoms in total. The second-order valence-corrected chi connectivity index (χ2v) is 10.7. The summed E-state index contributed by atoms with van der Waals surface area (Å²) in [5, 5.41) is 3.08. The molecule has 2 amide bonds. The van der Waals surface area contributed by atoms with Crippen molar-refractivity contribution in [3.8, 4) is 23.0 Å². The first-order valence-corrected chi connectivity index (χ1v) is 14.0. The molecular weight excluding hydrogens is 516 g/mol. The van der Waals surface area contributed by atoms with Gasteiger partial charge in [-0.25, -0.2) is 4.98 Å². The molecule has 2 unspecified atom stereocenters. The third-order valence-corrected chi connectivity index (χ3v) is 7.26. The predicted octanol–water partition coefficient (Wildman–Crippen LogP) is 5.51. The fourth-order valence-electron chi connectivity index (χ4n) is 5.21. The number of carbonyl (C=O) groups is 2. The molecule has 1 saturated heterocycles. The summed E-state index contributed by atoms with van der Waals surface area (Å²) in [5.41, 5.74) is 2.93. The van der Waals surface area contributed by atoms with Crippen LogP contribution in [0.5, 0.6) is 11.6 Å². The van der Waals surface area contributed by atoms with Crippen LogP contribution in [-0.2, 0) is 22.7 Å². The lowest BCUT2D eigenvalue weighted by Crippen LogP contribution is -2.64. The van der Waals surface area contributed by atoms with Gasteiger partial charge in [0.1, 0.15) is 17.6 Å². The number of benzene rings is 2. The Morgan fingerprint density at radius 2 is 1.78 bits per heavy atom. The van der Waals surface area contributed by atoms with Crippen molar-refractivity contribution in [1.29, 1.82) is 0 Å². The third-order valence-electron chi connectivity index (χ3n) is 7.26. The van der Waals surface area contributed by atoms with Crippen molar-refractivity contribution >= 4 is 11.8 Å². The van der Waals surface area contributed by atoms with Crippen LogP contribution in [0.15, 0.2) is 95.7 Å². The lowest BCUT2D eigenvalue weighted by molar-refractivity contribution is -0.150. The monoisotopic (exact) mass is 552 g/mol. The van der Waals surface area contributed by atoms with E-state index in [9.17, 15) is 9.59 Å². The zero-order chi connectivity index (χ0) is 28.8. The molecule has 3 heterocycles. The minimum absolute atomic E-state index is 0.0148. The molecule has 41 heavy (non-hydrogen) atoms. The summed E-state index contributed by atoms with van der Waals surface area (Å²) in [5.74, 6) is 1.66. The summed E-state index contributed by atoms with van der Waals surface area (Å²) >= 11 is 0. The number of aromatic nitrogens is 1. The summed E-state index contributed by atoms with van der Waals surface area (Å²) in [6, 6.07) is 24.3. The molecule has 1 aliphatic rings. The molecule has 2 aromatic carbocycles. The Morgan fingerprint density at radius 1 is 1.00 bits per heavy atom. The Balaban J connectivity index is 1.30. The normalized spacial score (nSPS) is 17.4. The van der Waals surface area contributed by atoms with E-state index >= 15 is 0 Å². The zero-order valence-electron chi connectivity index (χ0n) is 23.7. The first-order valence-electron chi connectivity index (χ1n) is 14.0. The minimum atomic E-state index is -0.611. The molecule has 2 atom stereocenters. The van der Waals surface area contributed by atoms with Crippen molar-refractivity contribution in [2.24, 2.45) is 5.92 Å². The predicted molar refractivity (Wildman–Crippen MR) is 157 cm³/mol. The highest BCUT2D eigenvalue weighted by molar-refractivity contribution is 5.89. The van der Waals surface area contributed by atoms with Gasteiger partial charge in [-0.1, -0.05) is 62.4 Å². The third kappa shape index (κ3) is 6.84. The molecule has 0 aliphatic carbocycles. The van der Waals surface area contributed by atoms with E-state index in [1.807, 2.05) is 99.6 Å². The second kappa shape index (κ2) is 12.8. The fourth-order valence-corrected chi connectivity index (χ4v) is 5.21. The molecular formula is C33H36N4O4. The fraction of sp³-hybridized carbons (Fsp3) is 0.303. The average molecular weight is 553 g/mol. The number of hydrogen-bond acceptors (Lipinski definition) is 6. The van der Waals surface area contributed by atoms with E-state index in [2.05, 4.69) is 15.2 Å². The lowest BCUT2D eigenvalue weighted by Gasteiger charge is -2.45. The van der Waals surface area contributed by atoms with Gasteiger partial charge in [-0.05, 0) is 36.8 Å². The van der Waals surface area contributed by atoms with Crippen LogP contribution in [0.4, 0.5) is 0 Å². The molecule has 5 rings (SSSR count). The highest BCUT2D eigenvalue weighted by Crippen LogP contribution is 2.27. The number of para-hydroxylation sites is 1. The standard InChI is InChI=1S/C33H36N4O4/c1-23(2)33(39)37-24(3)20-36(21-27-9-4-5-10-30(27)41-31-12-6-7-17-34-31)22-28(37)32(38)35-19-25-13-15-26(16-14-25)29-11-8-18-40-29/h4-18,23-24,28H,19-22H2,1-3H3,(H,35,38). The quantitative estimate of drug-likeness (QED) is 0.295. The molecule has 0 saturated carbocycles. The minimum Gasteiger partial charge on any atom is -0.464 e. The smallest absolute Gasteiger partial charge is 0.244 e. The van der Waals surface area contributed by atoms with E-state index in [1.165, 1.54) is 0 Å². The second-order valence-electron chi connectivity index (χ2n) is 10.7. The van der Waals surface area contributed by atoms with Crippen LogP contribution in [0.1, 0.15) is 31.9 Å². The molecule has 0 spiro atoms. The van der Waals surface area contributed by atoms with Crippen LogP contribution in [0, 0.1) is 5.92 Å². The number of nitrogens with one attached hydrogen (secondary N) is 1. The Labute approximate surface area is 240 Å². The van der Waals surface area contributed by atoms with E-state index in [1.54, 1.807) is 17.4 Å². The summed E-state index contributed by atoms with van der Waals surface area (Å²) in [6.07, 6.45) is 3.34. The Morgan fingerprint density at radius 3 is 2.49 bits per heavy atom. The van der Waals surface area contributed by atoms with E-state index < -0.39 is 6.04 Å². The van der Waals surface area contributed by atoms with Crippen molar-refractivity contribution in [3.63, 3.8) is 0 Å². The van der Waals surface area contributed by atoms with Crippen LogP contribution >= 0.6 is 0 Å². The number of rotatable bonds is 9. The maximum atomic E-state index is 13.6. The van der Waals surface area contributed by atoms with Gasteiger partial charge >= 0.3 is 0 Å². The Bertz CT molecular complexity index is 1440. The molecule has 8 heteroatoms. The number of nitrogens with zero attached hydrogens (tertiary/aromatic N) is 3. The molecule has 1 N–H and O–H groups in total. The van der Waals surface area contributed by atoms with Crippen LogP contribution in [0.2, 0.25) is 0 Å². The van der Waals surface area contributed by atoms with Gasteiger partial charge < -0.3 is 19.4 Å². The van der Waals surface area contributed by atoms with Crippen LogP contribution < -0.4 is 10.1 Å². The zero-order valence-corrected chi connectivity index (χ0v) is 23.7. The topological polar surface area (TPSA) is 87.9 Å². The number of furan rings is 1. The van der Waals surface area contributed by atoms with E-state index in [-0.39, 0.29) is 23.8 Å². The van der Waals surface area contributed by atoms with Gasteiger partial charge in [0.05, 0.1) is 6.26 Å². The van der Waals surface area contributed by atoms with Crippen molar-refractivity contribution < 1.29 is 18.7 Å². The Kier molecular flexibility index (Phi) is 8.79. The van der Waals surface area contributed by atoms with Crippen molar-refractivity contribution in [2.75, 3.05) is 13.1 Å². The number of amides is 2.